The Morgan fingerprint density at radius 3 is 2.25 bits per heavy atom. The van der Waals surface area contributed by atoms with Gasteiger partial charge in [0.15, 0.2) is 5.96 Å². The van der Waals surface area contributed by atoms with Crippen molar-refractivity contribution in [2.24, 2.45) is 5.73 Å². The van der Waals surface area contributed by atoms with E-state index in [0.717, 1.165) is 5.39 Å². The normalized spacial score (nSPS) is 12.2. The Balaban J connectivity index is 1.78. The van der Waals surface area contributed by atoms with E-state index in [0.29, 0.717) is 15.8 Å². The van der Waals surface area contributed by atoms with Crippen molar-refractivity contribution < 1.29 is 23.1 Å². The lowest BCUT2D eigenvalue weighted by Gasteiger charge is -2.27. The van der Waals surface area contributed by atoms with Gasteiger partial charge in [-0.1, -0.05) is 60.7 Å². The second-order valence-electron chi connectivity index (χ2n) is 7.03. The molecule has 166 valence electrons. The number of carboxylic acids is 1. The molecule has 1 amide bonds. The van der Waals surface area contributed by atoms with Crippen molar-refractivity contribution in [3.63, 3.8) is 0 Å². The molecule has 3 rings (SSSR count). The van der Waals surface area contributed by atoms with E-state index in [9.17, 15) is 23.1 Å². The van der Waals surface area contributed by atoms with Crippen LogP contribution in [0, 0.1) is 5.41 Å². The van der Waals surface area contributed by atoms with Crippen LogP contribution in [0.5, 0.6) is 0 Å². The van der Waals surface area contributed by atoms with Gasteiger partial charge in [-0.05, 0) is 28.5 Å². The van der Waals surface area contributed by atoms with Gasteiger partial charge >= 0.3 is 5.97 Å². The van der Waals surface area contributed by atoms with E-state index in [1.165, 1.54) is 12.1 Å². The number of sulfonamides is 1. The second-order valence-corrected chi connectivity index (χ2v) is 8.79. The second kappa shape index (κ2) is 9.58. The fourth-order valence-electron chi connectivity index (χ4n) is 3.26. The molecule has 1 unspecified atom stereocenters. The Morgan fingerprint density at radius 1 is 1.00 bits per heavy atom. The number of rotatable bonds is 8. The Hall–Kier alpha value is -3.76. The molecule has 0 bridgehead atoms. The number of nitrogens with two attached hydrogens (primary N) is 1. The van der Waals surface area contributed by atoms with Crippen molar-refractivity contribution in [1.29, 1.82) is 5.41 Å². The molecule has 1 atom stereocenters. The molecule has 10 heteroatoms. The number of carboxylic acid groups (broad SMARTS) is 1. The Bertz CT molecular complexity index is 1260. The lowest BCUT2D eigenvalue weighted by Crippen LogP contribution is -2.55. The molecule has 0 aliphatic heterocycles. The number of carbonyl (C=O) groups is 2. The molecule has 0 saturated heterocycles. The summed E-state index contributed by atoms with van der Waals surface area (Å²) >= 11 is 0. The number of amides is 1. The molecular formula is C22H22N4O5S. The fraction of sp³-hybridized carbons (Fsp3) is 0.136. The van der Waals surface area contributed by atoms with E-state index < -0.39 is 40.4 Å². The molecule has 0 saturated carbocycles. The van der Waals surface area contributed by atoms with Crippen molar-refractivity contribution in [3.8, 4) is 0 Å². The van der Waals surface area contributed by atoms with Gasteiger partial charge in [0.25, 0.3) is 0 Å². The average Bonchev–Trinajstić information content (AvgIpc) is 2.77. The highest BCUT2D eigenvalue weighted by Gasteiger charge is 2.32. The zero-order valence-electron chi connectivity index (χ0n) is 16.9. The minimum absolute atomic E-state index is 0.0440. The van der Waals surface area contributed by atoms with Crippen LogP contribution in [0.25, 0.3) is 10.8 Å². The monoisotopic (exact) mass is 454 g/mol. The van der Waals surface area contributed by atoms with Crippen LogP contribution in [0.3, 0.4) is 0 Å². The van der Waals surface area contributed by atoms with E-state index >= 15 is 0 Å². The van der Waals surface area contributed by atoms with E-state index in [1.807, 2.05) is 12.1 Å². The topological polar surface area (TPSA) is 154 Å². The first-order chi connectivity index (χ1) is 15.2. The number of nitrogens with zero attached hydrogens (tertiary/aromatic N) is 1. The number of benzene rings is 3. The highest BCUT2D eigenvalue weighted by atomic mass is 32.2. The number of nitrogens with one attached hydrogen (secondary N) is 2. The summed E-state index contributed by atoms with van der Waals surface area (Å²) in [6.45, 7) is -0.757. The smallest absolute Gasteiger partial charge is 0.327 e. The van der Waals surface area contributed by atoms with Crippen LogP contribution < -0.4 is 10.5 Å². The van der Waals surface area contributed by atoms with Crippen LogP contribution in [-0.4, -0.2) is 48.8 Å². The molecule has 0 aliphatic rings. The molecule has 0 fully saturated rings. The molecule has 5 N–H and O–H groups in total. The molecule has 32 heavy (non-hydrogen) atoms. The largest absolute Gasteiger partial charge is 0.480 e. The van der Waals surface area contributed by atoms with E-state index in [1.54, 1.807) is 48.5 Å². The van der Waals surface area contributed by atoms with Gasteiger partial charge in [0.05, 0.1) is 11.4 Å². The Kier molecular flexibility index (Phi) is 6.86. The lowest BCUT2D eigenvalue weighted by atomic mass is 10.0. The standard InChI is InChI=1S/C22H22N4O5S/c23-22(24)26(19(21(28)29)12-15-6-2-1-3-7-15)20(27)14-25-32(30,31)18-11-10-16-8-4-5-9-17(16)13-18/h1-11,13,19,25H,12,14H2,(H3,23,24)(H,28,29). The molecule has 0 heterocycles. The first kappa shape index (κ1) is 22.9. The Morgan fingerprint density at radius 2 is 1.62 bits per heavy atom. The van der Waals surface area contributed by atoms with Crippen molar-refractivity contribution in [3.05, 3.63) is 78.4 Å². The number of guanidine groups is 1. The first-order valence-electron chi connectivity index (χ1n) is 9.60. The quantitative estimate of drug-likeness (QED) is 0.299. The summed E-state index contributed by atoms with van der Waals surface area (Å²) in [6.07, 6.45) is -0.0983. The van der Waals surface area contributed by atoms with Crippen LogP contribution in [0.1, 0.15) is 5.56 Å². The zero-order valence-corrected chi connectivity index (χ0v) is 17.7. The summed E-state index contributed by atoms with van der Waals surface area (Å²) in [4.78, 5) is 25.1. The first-order valence-corrected chi connectivity index (χ1v) is 11.1. The average molecular weight is 455 g/mol. The molecule has 0 aliphatic carbocycles. The number of fused-ring (bicyclic) bond motifs is 1. The molecule has 3 aromatic rings. The fourth-order valence-corrected chi connectivity index (χ4v) is 4.27. The van der Waals surface area contributed by atoms with Gasteiger partial charge in [0.2, 0.25) is 15.9 Å². The predicted molar refractivity (Wildman–Crippen MR) is 119 cm³/mol. The van der Waals surface area contributed by atoms with E-state index in [-0.39, 0.29) is 11.3 Å². The highest BCUT2D eigenvalue weighted by molar-refractivity contribution is 7.89. The third-order valence-electron chi connectivity index (χ3n) is 4.84. The van der Waals surface area contributed by atoms with E-state index in [2.05, 4.69) is 4.72 Å². The van der Waals surface area contributed by atoms with Gasteiger partial charge in [-0.3, -0.25) is 15.1 Å². The van der Waals surface area contributed by atoms with Crippen LogP contribution in [-0.2, 0) is 26.0 Å². The van der Waals surface area contributed by atoms with Gasteiger partial charge in [-0.15, -0.1) is 0 Å². The summed E-state index contributed by atoms with van der Waals surface area (Å²) in [5.41, 5.74) is 6.11. The summed E-state index contributed by atoms with van der Waals surface area (Å²) in [6, 6.07) is 18.8. The molecule has 0 aromatic heterocycles. The third kappa shape index (κ3) is 5.29. The third-order valence-corrected chi connectivity index (χ3v) is 6.24. The van der Waals surface area contributed by atoms with Crippen LogP contribution in [0.2, 0.25) is 0 Å². The molecule has 3 aromatic carbocycles. The van der Waals surface area contributed by atoms with Gasteiger partial charge in [0, 0.05) is 6.42 Å². The summed E-state index contributed by atoms with van der Waals surface area (Å²) in [5, 5.41) is 18.9. The van der Waals surface area contributed by atoms with Crippen LogP contribution in [0.15, 0.2) is 77.7 Å². The van der Waals surface area contributed by atoms with Gasteiger partial charge < -0.3 is 10.8 Å². The molecule has 0 radical (unpaired) electrons. The van der Waals surface area contributed by atoms with Gasteiger partial charge in [-0.2, -0.15) is 0 Å². The van der Waals surface area contributed by atoms with Crippen LogP contribution in [0.4, 0.5) is 0 Å². The van der Waals surface area contributed by atoms with E-state index in [4.69, 9.17) is 11.1 Å². The maximum Gasteiger partial charge on any atom is 0.327 e. The highest BCUT2D eigenvalue weighted by Crippen LogP contribution is 2.19. The maximum atomic E-state index is 12.7. The summed E-state index contributed by atoms with van der Waals surface area (Å²) in [5.74, 6) is -3.11. The number of carbonyl (C=O) groups excluding carboxylic acids is 1. The van der Waals surface area contributed by atoms with Crippen molar-refractivity contribution >= 4 is 38.6 Å². The number of hydrogen-bond donors (Lipinski definition) is 4. The summed E-state index contributed by atoms with van der Waals surface area (Å²) in [7, 11) is -4.07. The van der Waals surface area contributed by atoms with Crippen molar-refractivity contribution in [1.82, 2.24) is 9.62 Å². The minimum Gasteiger partial charge on any atom is -0.480 e. The molecule has 0 spiro atoms. The minimum atomic E-state index is -4.07. The zero-order chi connectivity index (χ0) is 23.3. The summed E-state index contributed by atoms with van der Waals surface area (Å²) < 4.78 is 27.5. The van der Waals surface area contributed by atoms with Crippen LogP contribution >= 0.6 is 0 Å². The maximum absolute atomic E-state index is 12.7. The SMILES string of the molecule is N=C(N)N(C(=O)CNS(=O)(=O)c1ccc2ccccc2c1)C(Cc1ccccc1)C(=O)O. The number of aliphatic carboxylic acids is 1. The number of hydrogen-bond acceptors (Lipinski definition) is 5. The van der Waals surface area contributed by atoms with Crippen molar-refractivity contribution in [2.75, 3.05) is 6.54 Å². The molecule has 9 nitrogen and oxygen atoms in total. The van der Waals surface area contributed by atoms with Gasteiger partial charge in [-0.25, -0.2) is 17.9 Å². The van der Waals surface area contributed by atoms with Gasteiger partial charge in [0.1, 0.15) is 6.04 Å². The lowest BCUT2D eigenvalue weighted by molar-refractivity contribution is -0.146. The molecular weight excluding hydrogens is 432 g/mol. The van der Waals surface area contributed by atoms with Crippen molar-refractivity contribution in [2.45, 2.75) is 17.4 Å². The predicted octanol–water partition coefficient (Wildman–Crippen LogP) is 1.54. The Labute approximate surface area is 185 Å².